The standard InChI is InChI=1S/C18H26N2O4S/c1-14-9-10-20(11-12-25(14)24)18(23)19-16(7-8-17(21)22)13-15-5-3-2-4-6-15/h2-6,14,16H,7-13H2,1H3,(H,19,23)(H,21,22). The van der Waals surface area contributed by atoms with Crippen molar-refractivity contribution in [2.24, 2.45) is 0 Å². The molecule has 1 saturated heterocycles. The summed E-state index contributed by atoms with van der Waals surface area (Å²) in [5, 5.41) is 12.0. The number of amides is 2. The smallest absolute Gasteiger partial charge is 0.317 e. The van der Waals surface area contributed by atoms with E-state index >= 15 is 0 Å². The van der Waals surface area contributed by atoms with Crippen molar-refractivity contribution < 1.29 is 18.9 Å². The highest BCUT2D eigenvalue weighted by atomic mass is 32.2. The van der Waals surface area contributed by atoms with Crippen molar-refractivity contribution >= 4 is 22.8 Å². The van der Waals surface area contributed by atoms with E-state index in [2.05, 4.69) is 5.32 Å². The van der Waals surface area contributed by atoms with Crippen LogP contribution in [0.25, 0.3) is 0 Å². The Morgan fingerprint density at radius 2 is 2.04 bits per heavy atom. The molecule has 0 aromatic heterocycles. The van der Waals surface area contributed by atoms with Gasteiger partial charge in [-0.05, 0) is 24.8 Å². The first-order valence-corrected chi connectivity index (χ1v) is 10.0. The molecule has 1 aliphatic rings. The van der Waals surface area contributed by atoms with Crippen LogP contribution >= 0.6 is 0 Å². The minimum absolute atomic E-state index is 0.0127. The SMILES string of the molecule is CC1CCN(C(=O)NC(CCC(=O)O)Cc2ccccc2)CCS1=O. The van der Waals surface area contributed by atoms with E-state index in [4.69, 9.17) is 5.11 Å². The van der Waals surface area contributed by atoms with Gasteiger partial charge in [0.15, 0.2) is 0 Å². The monoisotopic (exact) mass is 366 g/mol. The summed E-state index contributed by atoms with van der Waals surface area (Å²) in [6.07, 6.45) is 1.71. The third-order valence-electron chi connectivity index (χ3n) is 4.46. The summed E-state index contributed by atoms with van der Waals surface area (Å²) in [7, 11) is -0.893. The minimum atomic E-state index is -0.893. The Morgan fingerprint density at radius 3 is 2.72 bits per heavy atom. The van der Waals surface area contributed by atoms with Gasteiger partial charge in [-0.3, -0.25) is 9.00 Å². The van der Waals surface area contributed by atoms with Crippen LogP contribution in [-0.4, -0.2) is 56.3 Å². The van der Waals surface area contributed by atoms with E-state index < -0.39 is 16.8 Å². The number of carboxylic acid groups (broad SMARTS) is 1. The van der Waals surface area contributed by atoms with E-state index in [0.29, 0.717) is 31.7 Å². The summed E-state index contributed by atoms with van der Waals surface area (Å²) in [5.74, 6) is -0.376. The van der Waals surface area contributed by atoms with Gasteiger partial charge in [-0.2, -0.15) is 0 Å². The number of nitrogens with zero attached hydrogens (tertiary/aromatic N) is 1. The van der Waals surface area contributed by atoms with Gasteiger partial charge in [-0.25, -0.2) is 4.79 Å². The fraction of sp³-hybridized carbons (Fsp3) is 0.556. The fourth-order valence-electron chi connectivity index (χ4n) is 2.87. The molecule has 1 aromatic rings. The predicted molar refractivity (Wildman–Crippen MR) is 98.0 cm³/mol. The van der Waals surface area contributed by atoms with Gasteiger partial charge in [-0.1, -0.05) is 37.3 Å². The fourth-order valence-corrected chi connectivity index (χ4v) is 4.04. The molecule has 0 bridgehead atoms. The highest BCUT2D eigenvalue weighted by Gasteiger charge is 2.24. The van der Waals surface area contributed by atoms with Gasteiger partial charge >= 0.3 is 12.0 Å². The van der Waals surface area contributed by atoms with Crippen LogP contribution in [0.3, 0.4) is 0 Å². The van der Waals surface area contributed by atoms with E-state index in [1.165, 1.54) is 0 Å². The molecule has 2 amide bonds. The van der Waals surface area contributed by atoms with E-state index in [1.54, 1.807) is 4.90 Å². The van der Waals surface area contributed by atoms with Gasteiger partial charge in [0.2, 0.25) is 0 Å². The number of benzene rings is 1. The van der Waals surface area contributed by atoms with E-state index in [9.17, 15) is 13.8 Å². The topological polar surface area (TPSA) is 86.7 Å². The zero-order valence-corrected chi connectivity index (χ0v) is 15.3. The molecule has 7 heteroatoms. The van der Waals surface area contributed by atoms with Crippen LogP contribution < -0.4 is 5.32 Å². The van der Waals surface area contributed by atoms with Gasteiger partial charge in [0, 0.05) is 47.4 Å². The first-order chi connectivity index (χ1) is 12.0. The third-order valence-corrected chi connectivity index (χ3v) is 6.18. The quantitative estimate of drug-likeness (QED) is 0.806. The second-order valence-corrected chi connectivity index (χ2v) is 8.41. The van der Waals surface area contributed by atoms with Crippen LogP contribution in [0.15, 0.2) is 30.3 Å². The van der Waals surface area contributed by atoms with Gasteiger partial charge in [0.05, 0.1) is 0 Å². The molecule has 3 unspecified atom stereocenters. The van der Waals surface area contributed by atoms with Gasteiger partial charge < -0.3 is 15.3 Å². The molecule has 0 radical (unpaired) electrons. The number of hydrogen-bond donors (Lipinski definition) is 2. The van der Waals surface area contributed by atoms with Crippen molar-refractivity contribution in [2.75, 3.05) is 18.8 Å². The van der Waals surface area contributed by atoms with Crippen molar-refractivity contribution in [2.45, 2.75) is 43.9 Å². The van der Waals surface area contributed by atoms with Crippen LogP contribution in [0.2, 0.25) is 0 Å². The second kappa shape index (κ2) is 9.56. The van der Waals surface area contributed by atoms with E-state index in [1.807, 2.05) is 37.3 Å². The highest BCUT2D eigenvalue weighted by molar-refractivity contribution is 7.85. The molecule has 1 aliphatic heterocycles. The predicted octanol–water partition coefficient (Wildman–Crippen LogP) is 2.01. The summed E-state index contributed by atoms with van der Waals surface area (Å²) in [5.41, 5.74) is 1.06. The Kier molecular flexibility index (Phi) is 7.43. The van der Waals surface area contributed by atoms with Crippen LogP contribution in [0.5, 0.6) is 0 Å². The maximum Gasteiger partial charge on any atom is 0.317 e. The zero-order valence-electron chi connectivity index (χ0n) is 14.5. The van der Waals surface area contributed by atoms with Gasteiger partial charge in [0.1, 0.15) is 0 Å². The first kappa shape index (κ1) is 19.4. The number of rotatable bonds is 6. The number of hydrogen-bond acceptors (Lipinski definition) is 3. The van der Waals surface area contributed by atoms with Crippen molar-refractivity contribution in [1.29, 1.82) is 0 Å². The van der Waals surface area contributed by atoms with E-state index in [-0.39, 0.29) is 23.7 Å². The molecule has 2 rings (SSSR count). The molecule has 0 aliphatic carbocycles. The second-order valence-electron chi connectivity index (χ2n) is 6.44. The summed E-state index contributed by atoms with van der Waals surface area (Å²) in [6.45, 7) is 3.00. The molecule has 138 valence electrons. The van der Waals surface area contributed by atoms with Crippen molar-refractivity contribution in [3.63, 3.8) is 0 Å². The molecule has 0 saturated carbocycles. The average Bonchev–Trinajstić information content (AvgIpc) is 2.75. The molecule has 25 heavy (non-hydrogen) atoms. The van der Waals surface area contributed by atoms with Gasteiger partial charge in [-0.15, -0.1) is 0 Å². The average molecular weight is 366 g/mol. The summed E-state index contributed by atoms with van der Waals surface area (Å²) >= 11 is 0. The molecule has 2 N–H and O–H groups in total. The summed E-state index contributed by atoms with van der Waals surface area (Å²) in [6, 6.07) is 9.28. The molecule has 3 atom stereocenters. The minimum Gasteiger partial charge on any atom is -0.481 e. The lowest BCUT2D eigenvalue weighted by atomic mass is 10.0. The number of carboxylic acids is 1. The molecule has 0 spiro atoms. The Morgan fingerprint density at radius 1 is 1.32 bits per heavy atom. The number of nitrogens with one attached hydrogen (secondary N) is 1. The zero-order chi connectivity index (χ0) is 18.2. The summed E-state index contributed by atoms with van der Waals surface area (Å²) < 4.78 is 11.9. The molecular weight excluding hydrogens is 340 g/mol. The number of aliphatic carboxylic acids is 1. The Bertz CT molecular complexity index is 608. The van der Waals surface area contributed by atoms with Crippen LogP contribution in [0, 0.1) is 0 Å². The van der Waals surface area contributed by atoms with Crippen molar-refractivity contribution in [1.82, 2.24) is 10.2 Å². The molecule has 6 nitrogen and oxygen atoms in total. The lowest BCUT2D eigenvalue weighted by Crippen LogP contribution is -2.46. The summed E-state index contributed by atoms with van der Waals surface area (Å²) in [4.78, 5) is 25.2. The Labute approximate surface area is 151 Å². The van der Waals surface area contributed by atoms with Crippen LogP contribution in [0.4, 0.5) is 4.79 Å². The van der Waals surface area contributed by atoms with Crippen LogP contribution in [-0.2, 0) is 22.0 Å². The molecular formula is C18H26N2O4S. The number of carbonyl (C=O) groups is 2. The molecule has 1 fully saturated rings. The molecule has 1 aromatic carbocycles. The third kappa shape index (κ3) is 6.49. The van der Waals surface area contributed by atoms with Gasteiger partial charge in [0.25, 0.3) is 0 Å². The largest absolute Gasteiger partial charge is 0.481 e. The van der Waals surface area contributed by atoms with Crippen LogP contribution in [0.1, 0.15) is 31.7 Å². The number of carbonyl (C=O) groups excluding carboxylic acids is 1. The normalized spacial score (nSPS) is 22.0. The molecule has 1 heterocycles. The number of urea groups is 1. The Balaban J connectivity index is 1.97. The maximum absolute atomic E-state index is 12.6. The lowest BCUT2D eigenvalue weighted by Gasteiger charge is -2.25. The van der Waals surface area contributed by atoms with Crippen molar-refractivity contribution in [3.8, 4) is 0 Å². The first-order valence-electron chi connectivity index (χ1n) is 8.64. The maximum atomic E-state index is 12.6. The Hall–Kier alpha value is -1.89. The van der Waals surface area contributed by atoms with E-state index in [0.717, 1.165) is 12.0 Å². The van der Waals surface area contributed by atoms with Crippen molar-refractivity contribution in [3.05, 3.63) is 35.9 Å². The highest BCUT2D eigenvalue weighted by Crippen LogP contribution is 2.12. The lowest BCUT2D eigenvalue weighted by molar-refractivity contribution is -0.137.